The van der Waals surface area contributed by atoms with Gasteiger partial charge in [-0.15, -0.1) is 12.4 Å². The minimum absolute atomic E-state index is 0. The summed E-state index contributed by atoms with van der Waals surface area (Å²) in [6, 6.07) is 3.79. The Balaban J connectivity index is 0.00000176. The summed E-state index contributed by atoms with van der Waals surface area (Å²) < 4.78 is 0. The van der Waals surface area contributed by atoms with Crippen molar-refractivity contribution >= 4 is 24.3 Å². The average molecular weight is 322 g/mol. The molecule has 6 nitrogen and oxygen atoms in total. The summed E-state index contributed by atoms with van der Waals surface area (Å²) in [6.45, 7) is 4.32. The molecule has 0 fully saturated rings. The zero-order valence-corrected chi connectivity index (χ0v) is 13.4. The van der Waals surface area contributed by atoms with Gasteiger partial charge in [-0.2, -0.15) is 0 Å². The molecule has 118 valence electrons. The number of carbonyl (C=O) groups excluding carboxylic acids is 1. The Labute approximate surface area is 135 Å². The first-order chi connectivity index (χ1) is 10.0. The number of hydrogen-bond donors (Lipinski definition) is 3. The van der Waals surface area contributed by atoms with Crippen LogP contribution in [-0.2, 0) is 6.42 Å². The Kier molecular flexibility index (Phi) is 4.71. The number of hydrogen-bond acceptors (Lipinski definition) is 4. The topological polar surface area (TPSA) is 96.7 Å². The zero-order valence-electron chi connectivity index (χ0n) is 12.6. The Morgan fingerprint density at radius 2 is 2.23 bits per heavy atom. The molecule has 0 bridgehead atoms. The van der Waals surface area contributed by atoms with Crippen LogP contribution in [0.1, 0.15) is 36.3 Å². The van der Waals surface area contributed by atoms with Crippen LogP contribution in [-0.4, -0.2) is 26.9 Å². The summed E-state index contributed by atoms with van der Waals surface area (Å²) in [7, 11) is 0. The van der Waals surface area contributed by atoms with Crippen LogP contribution in [0.3, 0.4) is 0 Å². The maximum atomic E-state index is 12.2. The second kappa shape index (κ2) is 6.36. The Morgan fingerprint density at radius 1 is 1.45 bits per heavy atom. The van der Waals surface area contributed by atoms with Crippen molar-refractivity contribution in [1.29, 1.82) is 0 Å². The number of anilines is 1. The molecule has 1 unspecified atom stereocenters. The highest BCUT2D eigenvalue weighted by molar-refractivity contribution is 5.98. The van der Waals surface area contributed by atoms with Gasteiger partial charge in [0.05, 0.1) is 17.0 Å². The molecule has 0 spiro atoms. The van der Waals surface area contributed by atoms with Gasteiger partial charge in [0.1, 0.15) is 0 Å². The summed E-state index contributed by atoms with van der Waals surface area (Å²) in [4.78, 5) is 23.6. The van der Waals surface area contributed by atoms with Gasteiger partial charge >= 0.3 is 0 Å². The van der Waals surface area contributed by atoms with E-state index in [2.05, 4.69) is 34.1 Å². The van der Waals surface area contributed by atoms with E-state index in [1.54, 1.807) is 12.3 Å². The molecule has 2 aromatic heterocycles. The molecule has 3 rings (SSSR count). The van der Waals surface area contributed by atoms with Crippen molar-refractivity contribution in [3.63, 3.8) is 0 Å². The Morgan fingerprint density at radius 3 is 2.91 bits per heavy atom. The number of nitrogen functional groups attached to an aromatic ring is 1. The SMILES string of the molecule is CC(C)CC1Cc2[nH]c(-c3ccnc(N)n3)cc2C(=O)N1.Cl. The number of nitrogens with one attached hydrogen (secondary N) is 2. The van der Waals surface area contributed by atoms with Gasteiger partial charge in [0.15, 0.2) is 0 Å². The fourth-order valence-corrected chi connectivity index (χ4v) is 2.79. The van der Waals surface area contributed by atoms with E-state index in [-0.39, 0.29) is 30.3 Å². The van der Waals surface area contributed by atoms with Crippen molar-refractivity contribution in [2.24, 2.45) is 5.92 Å². The molecule has 0 saturated heterocycles. The van der Waals surface area contributed by atoms with E-state index < -0.39 is 0 Å². The van der Waals surface area contributed by atoms with Crippen LogP contribution < -0.4 is 11.1 Å². The zero-order chi connectivity index (χ0) is 15.0. The van der Waals surface area contributed by atoms with Gasteiger partial charge in [-0.05, 0) is 24.5 Å². The standard InChI is InChI=1S/C15H19N5O.ClH/c1-8(2)5-9-6-12-10(14(21)18-9)7-13(19-12)11-3-4-17-15(16)20-11;/h3-4,7-9,19H,5-6H2,1-2H3,(H,18,21)(H2,16,17,20);1H. The highest BCUT2D eigenvalue weighted by Gasteiger charge is 2.27. The number of carbonyl (C=O) groups is 1. The van der Waals surface area contributed by atoms with Crippen molar-refractivity contribution in [2.75, 3.05) is 5.73 Å². The third-order valence-electron chi connectivity index (χ3n) is 3.64. The van der Waals surface area contributed by atoms with Gasteiger partial charge in [0.25, 0.3) is 5.91 Å². The Bertz CT molecular complexity index is 682. The third kappa shape index (κ3) is 3.22. The van der Waals surface area contributed by atoms with Crippen LogP contribution >= 0.6 is 12.4 Å². The molecule has 0 radical (unpaired) electrons. The van der Waals surface area contributed by atoms with Crippen LogP contribution in [0.4, 0.5) is 5.95 Å². The summed E-state index contributed by atoms with van der Waals surface area (Å²) >= 11 is 0. The molecule has 1 amide bonds. The fourth-order valence-electron chi connectivity index (χ4n) is 2.79. The van der Waals surface area contributed by atoms with Crippen LogP contribution in [0, 0.1) is 5.92 Å². The second-order valence-electron chi connectivity index (χ2n) is 5.88. The molecule has 22 heavy (non-hydrogen) atoms. The lowest BCUT2D eigenvalue weighted by Crippen LogP contribution is -2.41. The second-order valence-corrected chi connectivity index (χ2v) is 5.88. The van der Waals surface area contributed by atoms with E-state index >= 15 is 0 Å². The summed E-state index contributed by atoms with van der Waals surface area (Å²) in [5.74, 6) is 0.751. The number of H-pyrrole nitrogens is 1. The monoisotopic (exact) mass is 321 g/mol. The molecule has 1 aliphatic heterocycles. The molecule has 0 saturated carbocycles. The van der Waals surface area contributed by atoms with Crippen molar-refractivity contribution in [3.05, 3.63) is 29.6 Å². The molecule has 0 aromatic carbocycles. The number of aromatic amines is 1. The minimum atomic E-state index is -0.0218. The van der Waals surface area contributed by atoms with Gasteiger partial charge in [-0.25, -0.2) is 9.97 Å². The molecule has 1 aliphatic rings. The molecular weight excluding hydrogens is 302 g/mol. The summed E-state index contributed by atoms with van der Waals surface area (Å²) in [5, 5.41) is 3.06. The number of nitrogens with two attached hydrogens (primary N) is 1. The van der Waals surface area contributed by atoms with Crippen LogP contribution in [0.25, 0.3) is 11.4 Å². The largest absolute Gasteiger partial charge is 0.368 e. The molecule has 1 atom stereocenters. The predicted octanol–water partition coefficient (Wildman–Crippen LogP) is 2.18. The van der Waals surface area contributed by atoms with Crippen molar-refractivity contribution in [3.8, 4) is 11.4 Å². The maximum absolute atomic E-state index is 12.2. The average Bonchev–Trinajstić information content (AvgIpc) is 2.82. The van der Waals surface area contributed by atoms with Crippen molar-refractivity contribution < 1.29 is 4.79 Å². The number of halogens is 1. The van der Waals surface area contributed by atoms with Crippen molar-refractivity contribution in [1.82, 2.24) is 20.3 Å². The number of aromatic nitrogens is 3. The number of rotatable bonds is 3. The van der Waals surface area contributed by atoms with Crippen molar-refractivity contribution in [2.45, 2.75) is 32.7 Å². The predicted molar refractivity (Wildman–Crippen MR) is 87.9 cm³/mol. The summed E-state index contributed by atoms with van der Waals surface area (Å²) in [6.07, 6.45) is 3.40. The molecule has 7 heteroatoms. The lowest BCUT2D eigenvalue weighted by molar-refractivity contribution is 0.0919. The quantitative estimate of drug-likeness (QED) is 0.807. The minimum Gasteiger partial charge on any atom is -0.368 e. The highest BCUT2D eigenvalue weighted by atomic mass is 35.5. The van der Waals surface area contributed by atoms with E-state index in [1.165, 1.54) is 0 Å². The number of nitrogens with zero attached hydrogens (tertiary/aromatic N) is 2. The normalized spacial score (nSPS) is 16.9. The Hall–Kier alpha value is -2.08. The first kappa shape index (κ1) is 16.3. The third-order valence-corrected chi connectivity index (χ3v) is 3.64. The van der Waals surface area contributed by atoms with Gasteiger partial charge in [-0.1, -0.05) is 13.8 Å². The van der Waals surface area contributed by atoms with Gasteiger partial charge < -0.3 is 16.0 Å². The van der Waals surface area contributed by atoms with E-state index in [4.69, 9.17) is 5.73 Å². The van der Waals surface area contributed by atoms with Crippen LogP contribution in [0.2, 0.25) is 0 Å². The molecule has 0 aliphatic carbocycles. The first-order valence-electron chi connectivity index (χ1n) is 7.14. The smallest absolute Gasteiger partial charge is 0.253 e. The van der Waals surface area contributed by atoms with Gasteiger partial charge in [-0.3, -0.25) is 4.79 Å². The van der Waals surface area contributed by atoms with E-state index in [9.17, 15) is 4.79 Å². The maximum Gasteiger partial charge on any atom is 0.253 e. The van der Waals surface area contributed by atoms with Crippen LogP contribution in [0.15, 0.2) is 18.3 Å². The first-order valence-corrected chi connectivity index (χ1v) is 7.14. The fraction of sp³-hybridized carbons (Fsp3) is 0.400. The molecule has 2 aromatic rings. The molecular formula is C15H20ClN5O. The van der Waals surface area contributed by atoms with E-state index in [0.717, 1.165) is 24.2 Å². The van der Waals surface area contributed by atoms with E-state index in [1.807, 2.05) is 6.07 Å². The lowest BCUT2D eigenvalue weighted by Gasteiger charge is -2.24. The molecule has 4 N–H and O–H groups in total. The highest BCUT2D eigenvalue weighted by Crippen LogP contribution is 2.25. The number of amides is 1. The van der Waals surface area contributed by atoms with Crippen LogP contribution in [0.5, 0.6) is 0 Å². The summed E-state index contributed by atoms with van der Waals surface area (Å²) in [5.41, 5.74) is 8.77. The lowest BCUT2D eigenvalue weighted by atomic mass is 9.95. The van der Waals surface area contributed by atoms with Gasteiger partial charge in [0.2, 0.25) is 5.95 Å². The van der Waals surface area contributed by atoms with E-state index in [0.29, 0.717) is 17.2 Å². The number of fused-ring (bicyclic) bond motifs is 1. The van der Waals surface area contributed by atoms with Gasteiger partial charge in [0, 0.05) is 24.4 Å². The molecule has 3 heterocycles.